The van der Waals surface area contributed by atoms with Crippen molar-refractivity contribution in [3.63, 3.8) is 0 Å². The fourth-order valence-electron chi connectivity index (χ4n) is 3.14. The van der Waals surface area contributed by atoms with Gasteiger partial charge in [0.15, 0.2) is 0 Å². The molecule has 10 heteroatoms. The molecule has 0 radical (unpaired) electrons. The van der Waals surface area contributed by atoms with Crippen LogP contribution in [0, 0.1) is 0 Å². The average Bonchev–Trinajstić information content (AvgIpc) is 3.18. The third-order valence-electron chi connectivity index (χ3n) is 4.89. The maximum atomic E-state index is 13.2. The van der Waals surface area contributed by atoms with Gasteiger partial charge in [-0.15, -0.1) is 15.0 Å². The highest BCUT2D eigenvalue weighted by atomic mass is 35.5. The minimum absolute atomic E-state index is 0.0250. The highest BCUT2D eigenvalue weighted by molar-refractivity contribution is 6.30. The average molecular weight is 462 g/mol. The number of nitrogens with zero attached hydrogens (tertiary/aromatic N) is 3. The summed E-state index contributed by atoms with van der Waals surface area (Å²) in [4.78, 5) is 13.4. The Kier molecular flexibility index (Phi) is 5.29. The van der Waals surface area contributed by atoms with Gasteiger partial charge in [0.2, 0.25) is 5.60 Å². The number of hydrogen-bond donors (Lipinski definition) is 1. The van der Waals surface area contributed by atoms with Crippen LogP contribution in [0.3, 0.4) is 0 Å². The van der Waals surface area contributed by atoms with E-state index in [0.29, 0.717) is 16.1 Å². The van der Waals surface area contributed by atoms with Crippen molar-refractivity contribution in [2.24, 2.45) is 0 Å². The molecule has 4 rings (SSSR count). The monoisotopic (exact) mass is 461 g/mol. The molecule has 6 nitrogen and oxygen atoms in total. The lowest BCUT2D eigenvalue weighted by Crippen LogP contribution is -2.39. The van der Waals surface area contributed by atoms with Crippen molar-refractivity contribution in [2.75, 3.05) is 0 Å². The van der Waals surface area contributed by atoms with Crippen LogP contribution in [-0.2, 0) is 16.6 Å². The summed E-state index contributed by atoms with van der Waals surface area (Å²) in [6, 6.07) is 15.4. The molecule has 0 aliphatic heterocycles. The molecule has 164 valence electrons. The number of carbonyl (C=O) groups is 1. The van der Waals surface area contributed by atoms with E-state index in [4.69, 9.17) is 16.3 Å². The lowest BCUT2D eigenvalue weighted by Gasteiger charge is -2.28. The lowest BCUT2D eigenvalue weighted by molar-refractivity contribution is -0.155. The second-order valence-corrected chi connectivity index (χ2v) is 7.55. The van der Waals surface area contributed by atoms with E-state index in [1.807, 2.05) is 0 Å². The predicted octanol–water partition coefficient (Wildman–Crippen LogP) is 5.47. The number of fused-ring (bicyclic) bond motifs is 1. The van der Waals surface area contributed by atoms with Gasteiger partial charge >= 0.3 is 12.1 Å². The number of alkyl halides is 3. The molecule has 0 amide bonds. The minimum Gasteiger partial charge on any atom is -0.478 e. The molecule has 0 bridgehead atoms. The number of carboxylic acid groups (broad SMARTS) is 1. The Morgan fingerprint density at radius 1 is 0.969 bits per heavy atom. The van der Waals surface area contributed by atoms with Gasteiger partial charge < -0.3 is 9.84 Å². The Labute approximate surface area is 184 Å². The van der Waals surface area contributed by atoms with E-state index < -0.39 is 23.3 Å². The second-order valence-electron chi connectivity index (χ2n) is 7.11. The maximum absolute atomic E-state index is 13.2. The van der Waals surface area contributed by atoms with Crippen LogP contribution in [0.5, 0.6) is 5.75 Å². The standard InChI is InChI=1S/C22H15ClF3N3O3/c1-21(20(30)31,13-5-4-6-14(11-13)22(24,25)26)32-19-10-9-15(23)12-18(19)29-27-16-7-2-3-8-17(16)28-29/h2-12H,1H3,(H,30,31). The molecule has 0 spiro atoms. The van der Waals surface area contributed by atoms with Crippen LogP contribution < -0.4 is 4.74 Å². The molecule has 1 heterocycles. The van der Waals surface area contributed by atoms with Gasteiger partial charge in [0.25, 0.3) is 0 Å². The quantitative estimate of drug-likeness (QED) is 0.426. The molecular weight excluding hydrogens is 447 g/mol. The molecule has 4 aromatic rings. The first-order valence-corrected chi connectivity index (χ1v) is 9.68. The van der Waals surface area contributed by atoms with Crippen molar-refractivity contribution in [3.05, 3.63) is 82.9 Å². The molecule has 0 saturated heterocycles. The summed E-state index contributed by atoms with van der Waals surface area (Å²) >= 11 is 6.12. The van der Waals surface area contributed by atoms with Crippen LogP contribution in [0.1, 0.15) is 18.1 Å². The Morgan fingerprint density at radius 2 is 1.59 bits per heavy atom. The third kappa shape index (κ3) is 3.99. The van der Waals surface area contributed by atoms with E-state index in [0.717, 1.165) is 18.2 Å². The number of rotatable bonds is 5. The summed E-state index contributed by atoms with van der Waals surface area (Å²) in [5.74, 6) is -1.45. The molecule has 0 aliphatic rings. The highest BCUT2D eigenvalue weighted by Crippen LogP contribution is 2.36. The maximum Gasteiger partial charge on any atom is 0.416 e. The zero-order valence-electron chi connectivity index (χ0n) is 16.5. The number of ether oxygens (including phenoxy) is 1. The first kappa shape index (κ1) is 21.6. The van der Waals surface area contributed by atoms with Gasteiger partial charge in [0.05, 0.1) is 5.56 Å². The summed E-state index contributed by atoms with van der Waals surface area (Å²) in [6.07, 6.45) is -4.64. The largest absolute Gasteiger partial charge is 0.478 e. The van der Waals surface area contributed by atoms with E-state index in [2.05, 4.69) is 10.2 Å². The van der Waals surface area contributed by atoms with E-state index in [1.54, 1.807) is 24.3 Å². The summed E-state index contributed by atoms with van der Waals surface area (Å²) in [5.41, 5.74) is -1.92. The smallest absolute Gasteiger partial charge is 0.416 e. The van der Waals surface area contributed by atoms with Crippen molar-refractivity contribution in [1.29, 1.82) is 0 Å². The van der Waals surface area contributed by atoms with Crippen LogP contribution in [0.25, 0.3) is 16.7 Å². The van der Waals surface area contributed by atoms with Crippen LogP contribution in [0.4, 0.5) is 13.2 Å². The number of aliphatic carboxylic acids is 1. The van der Waals surface area contributed by atoms with Crippen molar-refractivity contribution >= 4 is 28.6 Å². The van der Waals surface area contributed by atoms with Gasteiger partial charge in [-0.3, -0.25) is 0 Å². The number of hydrogen-bond acceptors (Lipinski definition) is 4. The molecule has 3 aromatic carbocycles. The van der Waals surface area contributed by atoms with E-state index in [-0.39, 0.29) is 17.0 Å². The Morgan fingerprint density at radius 3 is 2.19 bits per heavy atom. The lowest BCUT2D eigenvalue weighted by atomic mass is 9.94. The fourth-order valence-corrected chi connectivity index (χ4v) is 3.31. The van der Waals surface area contributed by atoms with Crippen molar-refractivity contribution in [3.8, 4) is 11.4 Å². The molecule has 1 atom stereocenters. The van der Waals surface area contributed by atoms with Gasteiger partial charge in [-0.1, -0.05) is 35.9 Å². The van der Waals surface area contributed by atoms with E-state index in [9.17, 15) is 23.1 Å². The molecule has 0 saturated carbocycles. The predicted molar refractivity (Wildman–Crippen MR) is 111 cm³/mol. The molecular formula is C22H15ClF3N3O3. The molecule has 0 fully saturated rings. The van der Waals surface area contributed by atoms with E-state index in [1.165, 1.54) is 36.0 Å². The van der Waals surface area contributed by atoms with Gasteiger partial charge in [0.1, 0.15) is 22.5 Å². The van der Waals surface area contributed by atoms with E-state index >= 15 is 0 Å². The highest BCUT2D eigenvalue weighted by Gasteiger charge is 2.41. The normalized spacial score (nSPS) is 13.7. The van der Waals surface area contributed by atoms with Crippen LogP contribution in [0.15, 0.2) is 66.7 Å². The number of carboxylic acids is 1. The SMILES string of the molecule is CC(Oc1ccc(Cl)cc1-n1nc2ccccc2n1)(C(=O)O)c1cccc(C(F)(F)F)c1. The summed E-state index contributed by atoms with van der Waals surface area (Å²) in [5, 5.41) is 18.9. The number of benzene rings is 3. The Balaban J connectivity index is 1.82. The van der Waals surface area contributed by atoms with Gasteiger partial charge in [-0.05, 0) is 49.4 Å². The summed E-state index contributed by atoms with van der Waals surface area (Å²) in [7, 11) is 0. The van der Waals surface area contributed by atoms with Crippen molar-refractivity contribution in [2.45, 2.75) is 18.7 Å². The topological polar surface area (TPSA) is 77.2 Å². The first-order chi connectivity index (χ1) is 15.1. The van der Waals surface area contributed by atoms with Crippen LogP contribution in [-0.4, -0.2) is 26.1 Å². The molecule has 0 aliphatic carbocycles. The van der Waals surface area contributed by atoms with Gasteiger partial charge in [0, 0.05) is 10.6 Å². The van der Waals surface area contributed by atoms with Crippen LogP contribution in [0.2, 0.25) is 5.02 Å². The second kappa shape index (κ2) is 7.83. The molecule has 1 N–H and O–H groups in total. The Hall–Kier alpha value is -3.59. The first-order valence-electron chi connectivity index (χ1n) is 9.30. The Bertz CT molecular complexity index is 1290. The fraction of sp³-hybridized carbons (Fsp3) is 0.136. The summed E-state index contributed by atoms with van der Waals surface area (Å²) < 4.78 is 45.4. The van der Waals surface area contributed by atoms with Crippen molar-refractivity contribution < 1.29 is 27.8 Å². The van der Waals surface area contributed by atoms with Gasteiger partial charge in [-0.25, -0.2) is 4.79 Å². The van der Waals surface area contributed by atoms with Crippen LogP contribution >= 0.6 is 11.6 Å². The summed E-state index contributed by atoms with van der Waals surface area (Å²) in [6.45, 7) is 1.18. The molecule has 1 unspecified atom stereocenters. The third-order valence-corrected chi connectivity index (χ3v) is 5.12. The number of halogens is 4. The zero-order chi connectivity index (χ0) is 23.1. The minimum atomic E-state index is -4.64. The van der Waals surface area contributed by atoms with Crippen molar-refractivity contribution in [1.82, 2.24) is 15.0 Å². The zero-order valence-corrected chi connectivity index (χ0v) is 17.2. The number of aromatic nitrogens is 3. The van der Waals surface area contributed by atoms with Gasteiger partial charge in [-0.2, -0.15) is 13.2 Å². The molecule has 32 heavy (non-hydrogen) atoms. The molecule has 1 aromatic heterocycles.